The number of carbonyl (C=O) groups excluding carboxylic acids is 2. The van der Waals surface area contributed by atoms with Gasteiger partial charge in [-0.25, -0.2) is 24.2 Å². The molecule has 2 heterocycles. The van der Waals surface area contributed by atoms with Crippen molar-refractivity contribution in [1.29, 1.82) is 0 Å². The number of amides is 1. The number of nitrogens with zero attached hydrogens (tertiary/aromatic N) is 4. The normalized spacial score (nSPS) is 19.4. The number of carbonyl (C=O) groups is 2. The van der Waals surface area contributed by atoms with Gasteiger partial charge < -0.3 is 9.47 Å². The third-order valence-corrected chi connectivity index (χ3v) is 6.28. The topological polar surface area (TPSA) is 86.0 Å². The number of rotatable bonds is 4. The summed E-state index contributed by atoms with van der Waals surface area (Å²) in [6, 6.07) is 10.8. The van der Waals surface area contributed by atoms with Crippen molar-refractivity contribution in [3.63, 3.8) is 0 Å². The van der Waals surface area contributed by atoms with Crippen LogP contribution in [0.25, 0.3) is 0 Å². The Bertz CT molecular complexity index is 1090. The van der Waals surface area contributed by atoms with Crippen molar-refractivity contribution in [3.05, 3.63) is 65.6 Å². The van der Waals surface area contributed by atoms with Crippen LogP contribution in [0.4, 0.5) is 4.79 Å². The fourth-order valence-corrected chi connectivity index (χ4v) is 4.75. The molecule has 8 nitrogen and oxygen atoms in total. The lowest BCUT2D eigenvalue weighted by Crippen LogP contribution is -2.56. The summed E-state index contributed by atoms with van der Waals surface area (Å²) in [5.41, 5.74) is 1.13. The Kier molecular flexibility index (Phi) is 7.38. The Morgan fingerprint density at radius 2 is 1.77 bits per heavy atom. The minimum absolute atomic E-state index is 0.0755. The van der Waals surface area contributed by atoms with E-state index in [1.165, 1.54) is 4.90 Å². The summed E-state index contributed by atoms with van der Waals surface area (Å²) < 4.78 is 13.1. The standard InChI is InChI=1S/C27H34N4O4/c1-19-22(24(32)34-18-20-12-7-5-8-13-20)23(21-14-9-6-10-15-21)31(26(33)35-27(2,3)4)25(29-19)30-17-11-16-28-30/h5,7-8,11-13,16-17,21,23H,6,9-10,14-15,18H2,1-4H3. The molecule has 1 unspecified atom stereocenters. The summed E-state index contributed by atoms with van der Waals surface area (Å²) in [4.78, 5) is 33.4. The molecular formula is C27H34N4O4. The van der Waals surface area contributed by atoms with Gasteiger partial charge in [0.1, 0.15) is 12.2 Å². The molecule has 4 rings (SSSR count). The second-order valence-electron chi connectivity index (χ2n) is 10.1. The number of aliphatic imine (C=N–C) groups is 1. The largest absolute Gasteiger partial charge is 0.457 e. The smallest absolute Gasteiger partial charge is 0.417 e. The molecule has 2 aliphatic rings. The summed E-state index contributed by atoms with van der Waals surface area (Å²) in [6.45, 7) is 7.42. The van der Waals surface area contributed by atoms with E-state index in [1.54, 1.807) is 30.1 Å². The van der Waals surface area contributed by atoms with Crippen molar-refractivity contribution >= 4 is 18.0 Å². The van der Waals surface area contributed by atoms with Crippen LogP contribution in [0.1, 0.15) is 65.4 Å². The van der Waals surface area contributed by atoms with Crippen LogP contribution in [0.15, 0.2) is 65.1 Å². The quantitative estimate of drug-likeness (QED) is 0.556. The first-order chi connectivity index (χ1) is 16.7. The van der Waals surface area contributed by atoms with Gasteiger partial charge in [-0.3, -0.25) is 0 Å². The predicted octanol–water partition coefficient (Wildman–Crippen LogP) is 5.30. The van der Waals surface area contributed by atoms with E-state index >= 15 is 0 Å². The molecule has 8 heteroatoms. The number of hydrogen-bond donors (Lipinski definition) is 0. The number of esters is 1. The Hall–Kier alpha value is -3.42. The van der Waals surface area contributed by atoms with Gasteiger partial charge in [0.05, 0.1) is 17.3 Å². The van der Waals surface area contributed by atoms with Crippen molar-refractivity contribution < 1.29 is 19.1 Å². The van der Waals surface area contributed by atoms with E-state index in [0.717, 1.165) is 37.7 Å². The van der Waals surface area contributed by atoms with Gasteiger partial charge in [0, 0.05) is 12.4 Å². The lowest BCUT2D eigenvalue weighted by atomic mass is 9.79. The minimum atomic E-state index is -0.715. The molecule has 1 fully saturated rings. The molecule has 0 saturated heterocycles. The van der Waals surface area contributed by atoms with Crippen LogP contribution in [-0.4, -0.2) is 44.3 Å². The molecule has 0 N–H and O–H groups in total. The van der Waals surface area contributed by atoms with Crippen molar-refractivity contribution in [3.8, 4) is 0 Å². The Balaban J connectivity index is 1.76. The summed E-state index contributed by atoms with van der Waals surface area (Å²) in [6.07, 6.45) is 7.85. The van der Waals surface area contributed by atoms with Crippen LogP contribution < -0.4 is 0 Å². The van der Waals surface area contributed by atoms with Gasteiger partial charge in [0.25, 0.3) is 0 Å². The predicted molar refractivity (Wildman–Crippen MR) is 132 cm³/mol. The monoisotopic (exact) mass is 478 g/mol. The Morgan fingerprint density at radius 3 is 2.40 bits per heavy atom. The number of aromatic nitrogens is 2. The maximum atomic E-state index is 13.6. The molecular weight excluding hydrogens is 444 g/mol. The van der Waals surface area contributed by atoms with Crippen LogP contribution in [0.5, 0.6) is 0 Å². The highest BCUT2D eigenvalue weighted by atomic mass is 16.6. The number of benzene rings is 1. The highest BCUT2D eigenvalue weighted by molar-refractivity contribution is 6.01. The zero-order valence-electron chi connectivity index (χ0n) is 20.9. The third kappa shape index (κ3) is 5.81. The summed E-state index contributed by atoms with van der Waals surface area (Å²) in [5.74, 6) is -0.0535. The highest BCUT2D eigenvalue weighted by Crippen LogP contribution is 2.37. The first kappa shape index (κ1) is 24.7. The van der Waals surface area contributed by atoms with Gasteiger partial charge in [-0.05, 0) is 58.1 Å². The minimum Gasteiger partial charge on any atom is -0.457 e. The molecule has 0 bridgehead atoms. The third-order valence-electron chi connectivity index (χ3n) is 6.28. The van der Waals surface area contributed by atoms with Crippen LogP contribution >= 0.6 is 0 Å². The fraction of sp³-hybridized carbons (Fsp3) is 0.481. The first-order valence-corrected chi connectivity index (χ1v) is 12.3. The van der Waals surface area contributed by atoms with Crippen LogP contribution in [0.2, 0.25) is 0 Å². The zero-order valence-corrected chi connectivity index (χ0v) is 20.9. The van der Waals surface area contributed by atoms with Gasteiger partial charge in [-0.2, -0.15) is 5.10 Å². The van der Waals surface area contributed by atoms with Gasteiger partial charge in [-0.1, -0.05) is 49.6 Å². The fourth-order valence-electron chi connectivity index (χ4n) is 4.75. The number of hydrogen-bond acceptors (Lipinski definition) is 6. The zero-order chi connectivity index (χ0) is 25.0. The van der Waals surface area contributed by atoms with Gasteiger partial charge in [0.15, 0.2) is 0 Å². The van der Waals surface area contributed by atoms with Crippen LogP contribution in [-0.2, 0) is 20.9 Å². The van der Waals surface area contributed by atoms with E-state index < -0.39 is 23.7 Å². The first-order valence-electron chi connectivity index (χ1n) is 12.3. The van der Waals surface area contributed by atoms with Crippen molar-refractivity contribution in [1.82, 2.24) is 14.7 Å². The molecule has 0 radical (unpaired) electrons. The SMILES string of the molecule is CC1=C(C(=O)OCc2ccccc2)C(C2CCCCC2)N(C(=O)OC(C)(C)C)C(n2cccn2)=N1. The van der Waals surface area contributed by atoms with Gasteiger partial charge in [-0.15, -0.1) is 0 Å². The van der Waals surface area contributed by atoms with Gasteiger partial charge >= 0.3 is 12.1 Å². The summed E-state index contributed by atoms with van der Waals surface area (Å²) in [5, 5.41) is 4.33. The molecule has 35 heavy (non-hydrogen) atoms. The Labute approximate surface area is 206 Å². The van der Waals surface area contributed by atoms with Crippen molar-refractivity contribution in [2.75, 3.05) is 0 Å². The average molecular weight is 479 g/mol. The van der Waals surface area contributed by atoms with E-state index in [4.69, 9.17) is 9.47 Å². The Morgan fingerprint density at radius 1 is 1.06 bits per heavy atom. The molecule has 1 aromatic heterocycles. The second-order valence-corrected chi connectivity index (χ2v) is 10.1. The molecule has 1 amide bonds. The highest BCUT2D eigenvalue weighted by Gasteiger charge is 2.45. The summed E-state index contributed by atoms with van der Waals surface area (Å²) >= 11 is 0. The van der Waals surface area contributed by atoms with Crippen molar-refractivity contribution in [2.45, 2.75) is 78.0 Å². The van der Waals surface area contributed by atoms with Crippen LogP contribution in [0.3, 0.4) is 0 Å². The van der Waals surface area contributed by atoms with Gasteiger partial charge in [0.2, 0.25) is 5.96 Å². The second kappa shape index (κ2) is 10.5. The molecule has 0 spiro atoms. The molecule has 1 atom stereocenters. The molecule has 1 saturated carbocycles. The molecule has 1 aromatic carbocycles. The number of ether oxygens (including phenoxy) is 2. The average Bonchev–Trinajstić information content (AvgIpc) is 3.37. The lowest BCUT2D eigenvalue weighted by molar-refractivity contribution is -0.141. The van der Waals surface area contributed by atoms with E-state index in [1.807, 2.05) is 51.1 Å². The maximum Gasteiger partial charge on any atom is 0.417 e. The lowest BCUT2D eigenvalue weighted by Gasteiger charge is -2.42. The molecule has 2 aromatic rings. The van der Waals surface area contributed by atoms with E-state index in [-0.39, 0.29) is 12.5 Å². The molecule has 1 aliphatic carbocycles. The number of allylic oxidation sites excluding steroid dienone is 1. The maximum absolute atomic E-state index is 13.6. The van der Waals surface area contributed by atoms with E-state index in [9.17, 15) is 9.59 Å². The van der Waals surface area contributed by atoms with Crippen molar-refractivity contribution in [2.24, 2.45) is 10.9 Å². The van der Waals surface area contributed by atoms with E-state index in [2.05, 4.69) is 10.1 Å². The van der Waals surface area contributed by atoms with Crippen LogP contribution in [0, 0.1) is 5.92 Å². The molecule has 1 aliphatic heterocycles. The van der Waals surface area contributed by atoms with E-state index in [0.29, 0.717) is 17.2 Å². The molecule has 186 valence electrons. The summed E-state index contributed by atoms with van der Waals surface area (Å²) in [7, 11) is 0.